The summed E-state index contributed by atoms with van der Waals surface area (Å²) < 4.78 is 0. The molecular formula is C14H27NO3. The number of aliphatic hydroxyl groups is 1. The van der Waals surface area contributed by atoms with E-state index in [1.54, 1.807) is 0 Å². The summed E-state index contributed by atoms with van der Waals surface area (Å²) in [6.45, 7) is 4.20. The zero-order valence-corrected chi connectivity index (χ0v) is 11.6. The van der Waals surface area contributed by atoms with E-state index in [0.29, 0.717) is 12.0 Å². The number of carboxylic acid groups (broad SMARTS) is 1. The molecule has 1 rings (SSSR count). The average Bonchev–Trinajstić information content (AvgIpc) is 2.28. The third-order valence-electron chi connectivity index (χ3n) is 3.63. The Labute approximate surface area is 110 Å². The van der Waals surface area contributed by atoms with Crippen LogP contribution in [0.1, 0.15) is 58.8 Å². The van der Waals surface area contributed by atoms with Crippen LogP contribution in [0.2, 0.25) is 0 Å². The van der Waals surface area contributed by atoms with Crippen molar-refractivity contribution in [1.29, 1.82) is 0 Å². The third-order valence-corrected chi connectivity index (χ3v) is 3.63. The first-order valence-electron chi connectivity index (χ1n) is 7.15. The van der Waals surface area contributed by atoms with Crippen LogP contribution in [0.15, 0.2) is 0 Å². The molecule has 18 heavy (non-hydrogen) atoms. The van der Waals surface area contributed by atoms with E-state index in [1.165, 1.54) is 19.3 Å². The summed E-state index contributed by atoms with van der Waals surface area (Å²) in [7, 11) is 0. The quantitative estimate of drug-likeness (QED) is 0.653. The molecule has 0 saturated heterocycles. The topological polar surface area (TPSA) is 69.6 Å². The van der Waals surface area contributed by atoms with Crippen molar-refractivity contribution in [2.75, 3.05) is 0 Å². The van der Waals surface area contributed by atoms with Gasteiger partial charge >= 0.3 is 5.97 Å². The number of hydrogen-bond donors (Lipinski definition) is 3. The van der Waals surface area contributed by atoms with Crippen LogP contribution in [0, 0.1) is 5.92 Å². The molecule has 0 aliphatic heterocycles. The van der Waals surface area contributed by atoms with Crippen molar-refractivity contribution in [1.82, 2.24) is 5.32 Å². The van der Waals surface area contributed by atoms with Gasteiger partial charge in [-0.2, -0.15) is 0 Å². The Balaban J connectivity index is 2.50. The van der Waals surface area contributed by atoms with Crippen molar-refractivity contribution < 1.29 is 15.0 Å². The van der Waals surface area contributed by atoms with Gasteiger partial charge in [-0.1, -0.05) is 33.1 Å². The van der Waals surface area contributed by atoms with Crippen LogP contribution in [-0.2, 0) is 4.79 Å². The summed E-state index contributed by atoms with van der Waals surface area (Å²) in [5.74, 6) is -0.476. The Morgan fingerprint density at radius 1 is 1.28 bits per heavy atom. The van der Waals surface area contributed by atoms with E-state index in [-0.39, 0.29) is 12.5 Å². The highest BCUT2D eigenvalue weighted by molar-refractivity contribution is 5.67. The lowest BCUT2D eigenvalue weighted by Crippen LogP contribution is -2.47. The van der Waals surface area contributed by atoms with Crippen LogP contribution in [-0.4, -0.2) is 34.4 Å². The summed E-state index contributed by atoms with van der Waals surface area (Å²) in [6.07, 6.45) is 5.93. The molecule has 0 aromatic carbocycles. The molecule has 106 valence electrons. The van der Waals surface area contributed by atoms with E-state index < -0.39 is 12.1 Å². The van der Waals surface area contributed by atoms with Gasteiger partial charge in [0.15, 0.2) is 0 Å². The van der Waals surface area contributed by atoms with Crippen molar-refractivity contribution in [3.8, 4) is 0 Å². The summed E-state index contributed by atoms with van der Waals surface area (Å²) in [5, 5.41) is 22.3. The first-order valence-corrected chi connectivity index (χ1v) is 7.15. The van der Waals surface area contributed by atoms with E-state index in [1.807, 2.05) is 0 Å². The Morgan fingerprint density at radius 3 is 2.39 bits per heavy atom. The van der Waals surface area contributed by atoms with Crippen molar-refractivity contribution in [2.45, 2.75) is 77.0 Å². The highest BCUT2D eigenvalue weighted by atomic mass is 16.4. The minimum absolute atomic E-state index is 0.0933. The van der Waals surface area contributed by atoms with E-state index in [2.05, 4.69) is 19.2 Å². The number of carboxylic acids is 1. The van der Waals surface area contributed by atoms with Crippen LogP contribution < -0.4 is 5.32 Å². The van der Waals surface area contributed by atoms with Gasteiger partial charge in [0.25, 0.3) is 0 Å². The van der Waals surface area contributed by atoms with Crippen molar-refractivity contribution in [2.24, 2.45) is 5.92 Å². The molecule has 2 atom stereocenters. The molecule has 0 aromatic rings. The number of carbonyl (C=O) groups is 1. The summed E-state index contributed by atoms with van der Waals surface area (Å²) in [5.41, 5.74) is 0. The Hall–Kier alpha value is -0.610. The molecule has 0 bridgehead atoms. The number of nitrogens with one attached hydrogen (secondary N) is 1. The third kappa shape index (κ3) is 5.83. The monoisotopic (exact) mass is 257 g/mol. The van der Waals surface area contributed by atoms with E-state index in [0.717, 1.165) is 19.3 Å². The lowest BCUT2D eigenvalue weighted by Gasteiger charge is -2.31. The Kier molecular flexibility index (Phi) is 6.65. The highest BCUT2D eigenvalue weighted by Gasteiger charge is 2.25. The number of rotatable bonds is 7. The lowest BCUT2D eigenvalue weighted by atomic mass is 9.91. The molecular weight excluding hydrogens is 230 g/mol. The number of aliphatic hydroxyl groups excluding tert-OH is 1. The van der Waals surface area contributed by atoms with Gasteiger partial charge in [0.05, 0.1) is 12.5 Å². The second kappa shape index (κ2) is 7.74. The standard InChI is InChI=1S/C14H27NO3/c1-10(2)8-12(13(16)9-14(17)18)15-11-6-4-3-5-7-11/h10-13,15-16H,3-9H2,1-2H3,(H,17,18)/t12?,13-/m0/s1. The highest BCUT2D eigenvalue weighted by Crippen LogP contribution is 2.20. The molecule has 3 N–H and O–H groups in total. The van der Waals surface area contributed by atoms with Gasteiger partial charge in [-0.05, 0) is 25.2 Å². The molecule has 0 aromatic heterocycles. The zero-order chi connectivity index (χ0) is 13.5. The van der Waals surface area contributed by atoms with Crippen LogP contribution in [0.5, 0.6) is 0 Å². The lowest BCUT2D eigenvalue weighted by molar-refractivity contribution is -0.139. The Bertz CT molecular complexity index is 249. The van der Waals surface area contributed by atoms with Gasteiger partial charge in [-0.25, -0.2) is 0 Å². The fourth-order valence-electron chi connectivity index (χ4n) is 2.74. The van der Waals surface area contributed by atoms with Gasteiger partial charge in [0.2, 0.25) is 0 Å². The van der Waals surface area contributed by atoms with Crippen LogP contribution in [0.25, 0.3) is 0 Å². The molecule has 1 aliphatic carbocycles. The van der Waals surface area contributed by atoms with Gasteiger partial charge in [0, 0.05) is 12.1 Å². The minimum Gasteiger partial charge on any atom is -0.481 e. The molecule has 4 nitrogen and oxygen atoms in total. The maximum Gasteiger partial charge on any atom is 0.306 e. The van der Waals surface area contributed by atoms with Crippen molar-refractivity contribution >= 4 is 5.97 Å². The second-order valence-electron chi connectivity index (χ2n) is 5.90. The van der Waals surface area contributed by atoms with Gasteiger partial charge in [0.1, 0.15) is 0 Å². The minimum atomic E-state index is -0.929. The van der Waals surface area contributed by atoms with Gasteiger partial charge < -0.3 is 15.5 Å². The number of aliphatic carboxylic acids is 1. The van der Waals surface area contributed by atoms with Crippen LogP contribution in [0.3, 0.4) is 0 Å². The molecule has 0 heterocycles. The van der Waals surface area contributed by atoms with Gasteiger partial charge in [-0.15, -0.1) is 0 Å². The zero-order valence-electron chi connectivity index (χ0n) is 11.6. The predicted molar refractivity (Wildman–Crippen MR) is 71.5 cm³/mol. The smallest absolute Gasteiger partial charge is 0.306 e. The molecule has 0 amide bonds. The maximum atomic E-state index is 10.7. The van der Waals surface area contributed by atoms with E-state index in [9.17, 15) is 9.90 Å². The fourth-order valence-corrected chi connectivity index (χ4v) is 2.74. The van der Waals surface area contributed by atoms with Gasteiger partial charge in [-0.3, -0.25) is 4.79 Å². The molecule has 1 unspecified atom stereocenters. The normalized spacial score (nSPS) is 20.9. The summed E-state index contributed by atoms with van der Waals surface area (Å²) in [6, 6.07) is 0.357. The van der Waals surface area contributed by atoms with Crippen molar-refractivity contribution in [3.63, 3.8) is 0 Å². The van der Waals surface area contributed by atoms with E-state index in [4.69, 9.17) is 5.11 Å². The fraction of sp³-hybridized carbons (Fsp3) is 0.929. The summed E-state index contributed by atoms with van der Waals surface area (Å²) >= 11 is 0. The molecule has 0 radical (unpaired) electrons. The molecule has 1 fully saturated rings. The second-order valence-corrected chi connectivity index (χ2v) is 5.90. The number of hydrogen-bond acceptors (Lipinski definition) is 3. The van der Waals surface area contributed by atoms with Crippen LogP contribution in [0.4, 0.5) is 0 Å². The largest absolute Gasteiger partial charge is 0.481 e. The molecule has 4 heteroatoms. The Morgan fingerprint density at radius 2 is 1.89 bits per heavy atom. The SMILES string of the molecule is CC(C)CC(NC1CCCCC1)[C@@H](O)CC(=O)O. The first kappa shape index (κ1) is 15.4. The molecule has 1 saturated carbocycles. The maximum absolute atomic E-state index is 10.7. The summed E-state index contributed by atoms with van der Waals surface area (Å²) in [4.78, 5) is 10.7. The average molecular weight is 257 g/mol. The molecule has 1 aliphatic rings. The van der Waals surface area contributed by atoms with Crippen LogP contribution >= 0.6 is 0 Å². The first-order chi connectivity index (χ1) is 8.49. The van der Waals surface area contributed by atoms with Crippen molar-refractivity contribution in [3.05, 3.63) is 0 Å². The van der Waals surface area contributed by atoms with E-state index >= 15 is 0 Å². The predicted octanol–water partition coefficient (Wildman–Crippen LogP) is 2.16. The molecule has 0 spiro atoms.